The minimum absolute atomic E-state index is 0.111. The van der Waals surface area contributed by atoms with Gasteiger partial charge in [0.1, 0.15) is 30.0 Å². The van der Waals surface area contributed by atoms with Crippen LogP contribution in [0.15, 0.2) is 60.8 Å². The maximum absolute atomic E-state index is 13.4. The summed E-state index contributed by atoms with van der Waals surface area (Å²) in [5, 5.41) is 6.51. The number of ether oxygens (including phenoxy) is 1. The smallest absolute Gasteiger partial charge is 0.256 e. The molecule has 2 aromatic carbocycles. The third-order valence-electron chi connectivity index (χ3n) is 12.1. The van der Waals surface area contributed by atoms with E-state index in [2.05, 4.69) is 48.4 Å². The number of aromatic nitrogens is 2. The van der Waals surface area contributed by atoms with E-state index in [9.17, 15) is 24.0 Å². The normalized spacial score (nSPS) is 18.4. The van der Waals surface area contributed by atoms with E-state index in [0.717, 1.165) is 93.6 Å². The van der Waals surface area contributed by atoms with Gasteiger partial charge in [0.25, 0.3) is 11.8 Å². The molecule has 0 radical (unpaired) electrons. The summed E-state index contributed by atoms with van der Waals surface area (Å²) in [5.41, 5.74) is 4.09. The number of anilines is 2. The lowest BCUT2D eigenvalue weighted by molar-refractivity contribution is -0.125. The number of nitrogens with zero attached hydrogens (tertiary/aromatic N) is 5. The predicted molar refractivity (Wildman–Crippen MR) is 223 cm³/mol. The van der Waals surface area contributed by atoms with Crippen LogP contribution in [-0.2, 0) is 9.59 Å². The number of likely N-dealkylation sites (tertiary alicyclic amines) is 2. The Hall–Kier alpha value is -5.60. The van der Waals surface area contributed by atoms with E-state index in [-0.39, 0.29) is 41.9 Å². The van der Waals surface area contributed by atoms with Gasteiger partial charge in [-0.05, 0) is 113 Å². The number of aromatic amines is 1. The van der Waals surface area contributed by atoms with Crippen molar-refractivity contribution in [2.45, 2.75) is 63.1 Å². The molecule has 58 heavy (non-hydrogen) atoms. The van der Waals surface area contributed by atoms with E-state index in [0.29, 0.717) is 29.6 Å². The van der Waals surface area contributed by atoms with Crippen molar-refractivity contribution in [1.29, 1.82) is 0 Å². The van der Waals surface area contributed by atoms with Crippen molar-refractivity contribution in [3.8, 4) is 5.75 Å². The molecule has 2 unspecified atom stereocenters. The van der Waals surface area contributed by atoms with Gasteiger partial charge in [-0.2, -0.15) is 0 Å². The average molecular weight is 791 g/mol. The van der Waals surface area contributed by atoms with Crippen LogP contribution in [0.2, 0.25) is 0 Å². The summed E-state index contributed by atoms with van der Waals surface area (Å²) in [7, 11) is 5.16. The molecule has 0 saturated carbocycles. The van der Waals surface area contributed by atoms with Gasteiger partial charge in [-0.15, -0.1) is 0 Å². The van der Waals surface area contributed by atoms with E-state index < -0.39 is 11.9 Å². The van der Waals surface area contributed by atoms with Gasteiger partial charge in [-0.25, -0.2) is 4.98 Å². The molecule has 3 amide bonds. The molecule has 2 atom stereocenters. The number of fused-ring (bicyclic) bond motifs is 1. The van der Waals surface area contributed by atoms with E-state index in [1.54, 1.807) is 30.5 Å². The molecule has 2 aromatic heterocycles. The highest BCUT2D eigenvalue weighted by atomic mass is 16.5. The third kappa shape index (κ3) is 9.24. The van der Waals surface area contributed by atoms with Crippen LogP contribution in [0.1, 0.15) is 87.8 Å². The lowest BCUT2D eigenvalue weighted by Crippen LogP contribution is -2.54. The Morgan fingerprint density at radius 1 is 1.02 bits per heavy atom. The number of hydrogen-bond donors (Lipinski definition) is 3. The van der Waals surface area contributed by atoms with Crippen LogP contribution in [0.4, 0.5) is 11.5 Å². The van der Waals surface area contributed by atoms with Crippen molar-refractivity contribution < 1.29 is 28.7 Å². The van der Waals surface area contributed by atoms with Crippen molar-refractivity contribution in [2.24, 2.45) is 5.92 Å². The summed E-state index contributed by atoms with van der Waals surface area (Å²) >= 11 is 0. The highest BCUT2D eigenvalue weighted by Crippen LogP contribution is 2.32. The van der Waals surface area contributed by atoms with Gasteiger partial charge in [0, 0.05) is 92.9 Å². The van der Waals surface area contributed by atoms with E-state index in [1.807, 2.05) is 24.3 Å². The maximum Gasteiger partial charge on any atom is 0.256 e. The fraction of sp³-hybridized carbons (Fsp3) is 0.455. The fourth-order valence-electron chi connectivity index (χ4n) is 8.55. The highest BCUT2D eigenvalue weighted by Gasteiger charge is 2.31. The fourth-order valence-corrected chi connectivity index (χ4v) is 8.55. The lowest BCUT2D eigenvalue weighted by atomic mass is 9.92. The average Bonchev–Trinajstić information content (AvgIpc) is 3.86. The lowest BCUT2D eigenvalue weighted by Gasteiger charge is -2.40. The molecule has 3 N–H and O–H groups in total. The Kier molecular flexibility index (Phi) is 12.8. The van der Waals surface area contributed by atoms with Gasteiger partial charge in [-0.1, -0.05) is 0 Å². The van der Waals surface area contributed by atoms with Crippen LogP contribution in [0.5, 0.6) is 5.75 Å². The summed E-state index contributed by atoms with van der Waals surface area (Å²) in [6.07, 6.45) is 9.16. The summed E-state index contributed by atoms with van der Waals surface area (Å²) < 4.78 is 6.21. The Balaban J connectivity index is 0.822. The molecule has 0 spiro atoms. The summed E-state index contributed by atoms with van der Waals surface area (Å²) in [6.45, 7) is 5.55. The maximum atomic E-state index is 13.4. The van der Waals surface area contributed by atoms with Crippen molar-refractivity contribution in [2.75, 3.05) is 70.6 Å². The number of benzene rings is 2. The molecule has 3 aliphatic rings. The Labute approximate surface area is 339 Å². The Morgan fingerprint density at radius 2 is 1.79 bits per heavy atom. The number of likely N-dealkylation sites (N-methyl/N-ethyl adjacent to an activating group) is 2. The van der Waals surface area contributed by atoms with Crippen molar-refractivity contribution in [3.05, 3.63) is 83.2 Å². The minimum Gasteiger partial charge on any atom is -0.488 e. The van der Waals surface area contributed by atoms with Gasteiger partial charge in [0.15, 0.2) is 6.29 Å². The second-order valence-corrected chi connectivity index (χ2v) is 15.9. The van der Waals surface area contributed by atoms with Gasteiger partial charge in [0.2, 0.25) is 5.91 Å². The molecule has 306 valence electrons. The van der Waals surface area contributed by atoms with Crippen LogP contribution in [0, 0.1) is 5.92 Å². The SMILES string of the molecule is CNC(=O)C(CCC=O)N(C)C(=O)c1ccc(N2CCC(CCN3CC(Oc4ccc(C(=O)Nc5cc6[nH]c(C7CCCN7C)cc6cn5)cc4)C3)CC2)cc1C=O. The van der Waals surface area contributed by atoms with Gasteiger partial charge in [-0.3, -0.25) is 29.0 Å². The Morgan fingerprint density at radius 3 is 2.48 bits per heavy atom. The molecular weight excluding hydrogens is 737 g/mol. The van der Waals surface area contributed by atoms with Crippen molar-refractivity contribution in [3.63, 3.8) is 0 Å². The molecule has 0 aliphatic carbocycles. The number of carbonyl (C=O) groups is 5. The first-order chi connectivity index (χ1) is 28.1. The number of nitrogens with one attached hydrogen (secondary N) is 3. The van der Waals surface area contributed by atoms with Gasteiger partial charge in [0.05, 0.1) is 11.1 Å². The standard InChI is InChI=1S/C44H54N8O6/c1-45-43(56)40(7-5-21-53)50(3)44(57)36-13-10-33(22-32(36)28-54)52-19-15-29(16-20-52)14-18-51-26-35(27-51)58-34-11-8-30(9-12-34)42(55)48-41-24-37-31(25-46-41)23-38(47-37)39-6-4-17-49(39)2/h8-13,21-25,28-29,35,39-40,47H,4-7,14-20,26-27H2,1-3H3,(H,45,56)(H,46,48,55). The van der Waals surface area contributed by atoms with E-state index in [1.165, 1.54) is 31.1 Å². The van der Waals surface area contributed by atoms with Crippen LogP contribution < -0.4 is 20.3 Å². The number of rotatable bonds is 16. The summed E-state index contributed by atoms with van der Waals surface area (Å²) in [6, 6.07) is 16.2. The first-order valence-electron chi connectivity index (χ1n) is 20.4. The minimum atomic E-state index is -0.816. The molecule has 0 bridgehead atoms. The first kappa shape index (κ1) is 40.6. The molecular formula is C44H54N8O6. The monoisotopic (exact) mass is 790 g/mol. The third-order valence-corrected chi connectivity index (χ3v) is 12.1. The second kappa shape index (κ2) is 18.3. The molecule has 3 fully saturated rings. The zero-order valence-electron chi connectivity index (χ0n) is 33.6. The quantitative estimate of drug-likeness (QED) is 0.133. The summed E-state index contributed by atoms with van der Waals surface area (Å²) in [4.78, 5) is 78.2. The molecule has 3 aliphatic heterocycles. The second-order valence-electron chi connectivity index (χ2n) is 15.9. The summed E-state index contributed by atoms with van der Waals surface area (Å²) in [5.74, 6) is 0.825. The van der Waals surface area contributed by atoms with Crippen LogP contribution in [-0.4, -0.2) is 128 Å². The number of H-pyrrole nitrogens is 1. The Bertz CT molecular complexity index is 2110. The van der Waals surface area contributed by atoms with Crippen molar-refractivity contribution >= 4 is 52.7 Å². The number of carbonyl (C=O) groups excluding carboxylic acids is 5. The topological polar surface area (TPSA) is 160 Å². The zero-order chi connectivity index (χ0) is 40.8. The predicted octanol–water partition coefficient (Wildman–Crippen LogP) is 4.93. The van der Waals surface area contributed by atoms with E-state index in [4.69, 9.17) is 4.74 Å². The number of pyridine rings is 1. The van der Waals surface area contributed by atoms with E-state index >= 15 is 0 Å². The molecule has 14 nitrogen and oxygen atoms in total. The number of piperidine rings is 1. The molecule has 5 heterocycles. The molecule has 4 aromatic rings. The van der Waals surface area contributed by atoms with Crippen LogP contribution >= 0.6 is 0 Å². The zero-order valence-corrected chi connectivity index (χ0v) is 33.6. The first-order valence-corrected chi connectivity index (χ1v) is 20.4. The van der Waals surface area contributed by atoms with Crippen LogP contribution in [0.3, 0.4) is 0 Å². The largest absolute Gasteiger partial charge is 0.488 e. The molecule has 3 saturated heterocycles. The number of aldehydes is 2. The molecule has 14 heteroatoms. The van der Waals surface area contributed by atoms with Crippen molar-refractivity contribution in [1.82, 2.24) is 30.0 Å². The number of hydrogen-bond acceptors (Lipinski definition) is 10. The van der Waals surface area contributed by atoms with Gasteiger partial charge < -0.3 is 34.9 Å². The number of amides is 3. The molecule has 7 rings (SSSR count). The highest BCUT2D eigenvalue weighted by molar-refractivity contribution is 6.05. The van der Waals surface area contributed by atoms with Crippen LogP contribution in [0.25, 0.3) is 10.9 Å². The van der Waals surface area contributed by atoms with Gasteiger partial charge >= 0.3 is 0 Å².